The minimum absolute atomic E-state index is 0.00473. The number of nitrogens with one attached hydrogen (secondary N) is 1. The highest BCUT2D eigenvalue weighted by Gasteiger charge is 2.17. The van der Waals surface area contributed by atoms with E-state index in [0.29, 0.717) is 0 Å². The molecule has 0 aliphatic carbocycles. The van der Waals surface area contributed by atoms with Crippen LogP contribution in [0.5, 0.6) is 0 Å². The average molecular weight is 295 g/mol. The van der Waals surface area contributed by atoms with E-state index < -0.39 is 10.0 Å². The molecule has 0 aliphatic heterocycles. The summed E-state index contributed by atoms with van der Waals surface area (Å²) in [6.45, 7) is 0.0170. The van der Waals surface area contributed by atoms with E-state index in [9.17, 15) is 8.42 Å². The van der Waals surface area contributed by atoms with Crippen molar-refractivity contribution in [3.63, 3.8) is 0 Å². The van der Waals surface area contributed by atoms with Crippen LogP contribution >= 0.6 is 23.2 Å². The lowest BCUT2D eigenvalue weighted by atomic mass is 10.4. The molecule has 6 nitrogen and oxygen atoms in total. The Bertz CT molecular complexity index is 555. The maximum absolute atomic E-state index is 11.8. The van der Waals surface area contributed by atoms with Gasteiger partial charge in [0, 0.05) is 23.0 Å². The second kappa shape index (κ2) is 6.09. The molecule has 9 heteroatoms. The molecule has 0 bridgehead atoms. The molecule has 1 aromatic carbocycles. The summed E-state index contributed by atoms with van der Waals surface area (Å²) in [5.74, 6) is 0. The van der Waals surface area contributed by atoms with E-state index in [4.69, 9.17) is 28.7 Å². The Balaban J connectivity index is 2.89. The Morgan fingerprint density at radius 1 is 1.41 bits per heavy atom. The summed E-state index contributed by atoms with van der Waals surface area (Å²) in [6.07, 6.45) is 0. The summed E-state index contributed by atoms with van der Waals surface area (Å²) in [4.78, 5) is 2.40. The van der Waals surface area contributed by atoms with Crippen LogP contribution in [0.15, 0.2) is 28.2 Å². The van der Waals surface area contributed by atoms with Crippen molar-refractivity contribution >= 4 is 33.2 Å². The Morgan fingerprint density at radius 2 is 2.12 bits per heavy atom. The molecule has 17 heavy (non-hydrogen) atoms. The minimum Gasteiger partial charge on any atom is -0.211 e. The van der Waals surface area contributed by atoms with E-state index in [1.165, 1.54) is 18.2 Å². The van der Waals surface area contributed by atoms with Crippen molar-refractivity contribution in [3.8, 4) is 0 Å². The van der Waals surface area contributed by atoms with Gasteiger partial charge in [-0.05, 0) is 23.7 Å². The molecule has 0 saturated heterocycles. The lowest BCUT2D eigenvalue weighted by molar-refractivity contribution is 0.582. The monoisotopic (exact) mass is 294 g/mol. The van der Waals surface area contributed by atoms with Crippen LogP contribution in [0, 0.1) is 0 Å². The molecule has 1 rings (SSSR count). The first-order valence-corrected chi connectivity index (χ1v) is 6.67. The van der Waals surface area contributed by atoms with Crippen LogP contribution in [0.1, 0.15) is 0 Å². The molecule has 0 fully saturated rings. The molecule has 0 atom stereocenters. The Labute approximate surface area is 108 Å². The fraction of sp³-hybridized carbons (Fsp3) is 0.250. The first kappa shape index (κ1) is 14.1. The van der Waals surface area contributed by atoms with Gasteiger partial charge < -0.3 is 0 Å². The standard InChI is InChI=1S/C8H8Cl2N4O2S/c9-6-1-2-7(10)8(5-6)17(15,16)13-4-3-12-14-11/h1-2,5,13H,3-4H2. The summed E-state index contributed by atoms with van der Waals surface area (Å²) in [5, 5.41) is 3.55. The van der Waals surface area contributed by atoms with Crippen LogP contribution in [0.2, 0.25) is 10.0 Å². The highest BCUT2D eigenvalue weighted by molar-refractivity contribution is 7.89. The maximum atomic E-state index is 11.8. The van der Waals surface area contributed by atoms with Crippen LogP contribution in [-0.4, -0.2) is 21.5 Å². The molecule has 0 aliphatic rings. The van der Waals surface area contributed by atoms with Crippen LogP contribution in [0.3, 0.4) is 0 Å². The topological polar surface area (TPSA) is 94.9 Å². The van der Waals surface area contributed by atoms with Gasteiger partial charge >= 0.3 is 0 Å². The minimum atomic E-state index is -3.74. The summed E-state index contributed by atoms with van der Waals surface area (Å²) >= 11 is 11.5. The van der Waals surface area contributed by atoms with Gasteiger partial charge in [-0.15, -0.1) is 0 Å². The predicted octanol–water partition coefficient (Wildman–Crippen LogP) is 2.58. The summed E-state index contributed by atoms with van der Waals surface area (Å²) in [7, 11) is -3.74. The van der Waals surface area contributed by atoms with Gasteiger partial charge in [0.25, 0.3) is 0 Å². The Hall–Kier alpha value is -0.980. The molecule has 92 valence electrons. The number of azide groups is 1. The number of nitrogens with zero attached hydrogens (tertiary/aromatic N) is 3. The van der Waals surface area contributed by atoms with Gasteiger partial charge in [-0.3, -0.25) is 0 Å². The number of benzene rings is 1. The van der Waals surface area contributed by atoms with Gasteiger partial charge in [0.15, 0.2) is 0 Å². The van der Waals surface area contributed by atoms with Gasteiger partial charge in [0.05, 0.1) is 5.02 Å². The van der Waals surface area contributed by atoms with Crippen LogP contribution in [-0.2, 0) is 10.0 Å². The molecule has 0 radical (unpaired) electrons. The number of hydrogen-bond acceptors (Lipinski definition) is 3. The fourth-order valence-electron chi connectivity index (χ4n) is 1.04. The highest BCUT2D eigenvalue weighted by atomic mass is 35.5. The van der Waals surface area contributed by atoms with Crippen molar-refractivity contribution in [2.75, 3.05) is 13.1 Å². The van der Waals surface area contributed by atoms with Crippen molar-refractivity contribution in [1.29, 1.82) is 0 Å². The fourth-order valence-corrected chi connectivity index (χ4v) is 2.82. The van der Waals surface area contributed by atoms with E-state index in [-0.39, 0.29) is 28.0 Å². The molecule has 0 heterocycles. The quantitative estimate of drug-likeness (QED) is 0.391. The van der Waals surface area contributed by atoms with E-state index in [1.54, 1.807) is 0 Å². The largest absolute Gasteiger partial charge is 0.242 e. The van der Waals surface area contributed by atoms with Crippen molar-refractivity contribution in [2.24, 2.45) is 5.11 Å². The van der Waals surface area contributed by atoms with E-state index in [1.807, 2.05) is 0 Å². The van der Waals surface area contributed by atoms with Crippen LogP contribution < -0.4 is 4.72 Å². The highest BCUT2D eigenvalue weighted by Crippen LogP contribution is 2.24. The summed E-state index contributed by atoms with van der Waals surface area (Å²) in [6, 6.07) is 4.13. The van der Waals surface area contributed by atoms with Gasteiger partial charge in [0.2, 0.25) is 10.0 Å². The van der Waals surface area contributed by atoms with Crippen molar-refractivity contribution in [3.05, 3.63) is 38.7 Å². The lowest BCUT2D eigenvalue weighted by Gasteiger charge is -2.07. The third kappa shape index (κ3) is 4.07. The normalized spacial score (nSPS) is 10.9. The van der Waals surface area contributed by atoms with Gasteiger partial charge in [-0.2, -0.15) is 0 Å². The van der Waals surface area contributed by atoms with Gasteiger partial charge in [-0.25, -0.2) is 13.1 Å². The van der Waals surface area contributed by atoms with Crippen LogP contribution in [0.4, 0.5) is 0 Å². The third-order valence-corrected chi connectivity index (χ3v) is 3.93. The van der Waals surface area contributed by atoms with E-state index in [0.717, 1.165) is 0 Å². The van der Waals surface area contributed by atoms with E-state index in [2.05, 4.69) is 14.7 Å². The summed E-state index contributed by atoms with van der Waals surface area (Å²) < 4.78 is 25.8. The van der Waals surface area contributed by atoms with E-state index >= 15 is 0 Å². The zero-order chi connectivity index (χ0) is 12.9. The number of sulfonamides is 1. The van der Waals surface area contributed by atoms with Gasteiger partial charge in [0.1, 0.15) is 4.90 Å². The lowest BCUT2D eigenvalue weighted by Crippen LogP contribution is -2.26. The molecule has 0 aromatic heterocycles. The number of halogens is 2. The zero-order valence-corrected chi connectivity index (χ0v) is 10.8. The molecule has 0 amide bonds. The molecule has 1 N–H and O–H groups in total. The second-order valence-corrected chi connectivity index (χ2v) is 5.51. The molecular formula is C8H8Cl2N4O2S. The zero-order valence-electron chi connectivity index (χ0n) is 8.47. The summed E-state index contributed by atoms with van der Waals surface area (Å²) in [5.41, 5.74) is 8.04. The molecule has 0 unspecified atom stereocenters. The first-order valence-electron chi connectivity index (χ1n) is 4.43. The molecule has 0 saturated carbocycles. The van der Waals surface area contributed by atoms with Crippen molar-refractivity contribution in [2.45, 2.75) is 4.90 Å². The van der Waals surface area contributed by atoms with Crippen molar-refractivity contribution < 1.29 is 8.42 Å². The smallest absolute Gasteiger partial charge is 0.211 e. The third-order valence-electron chi connectivity index (χ3n) is 1.75. The van der Waals surface area contributed by atoms with Crippen molar-refractivity contribution in [1.82, 2.24) is 4.72 Å². The molecule has 1 aromatic rings. The number of rotatable bonds is 5. The Kier molecular flexibility index (Phi) is 5.04. The molecule has 0 spiro atoms. The average Bonchev–Trinajstić information content (AvgIpc) is 2.28. The van der Waals surface area contributed by atoms with Gasteiger partial charge in [-0.1, -0.05) is 28.3 Å². The van der Waals surface area contributed by atoms with Crippen LogP contribution in [0.25, 0.3) is 10.4 Å². The molecular weight excluding hydrogens is 287 g/mol. The Morgan fingerprint density at radius 3 is 2.76 bits per heavy atom. The predicted molar refractivity (Wildman–Crippen MR) is 65.7 cm³/mol. The number of hydrogen-bond donors (Lipinski definition) is 1. The first-order chi connectivity index (χ1) is 7.97. The maximum Gasteiger partial charge on any atom is 0.242 e. The second-order valence-electron chi connectivity index (χ2n) is 2.93. The SMILES string of the molecule is [N-]=[N+]=NCCNS(=O)(=O)c1cc(Cl)ccc1Cl.